The fourth-order valence-corrected chi connectivity index (χ4v) is 4.12. The topological polar surface area (TPSA) is 123 Å². The Morgan fingerprint density at radius 1 is 0.688 bits per heavy atom. The van der Waals surface area contributed by atoms with Crippen LogP contribution in [0.15, 0.2) is 37.4 Å². The van der Waals surface area contributed by atoms with Crippen LogP contribution in [-0.2, 0) is 19.1 Å². The number of hydrogen-bond donors (Lipinski definition) is 2. The molecule has 8 nitrogen and oxygen atoms in total. The number of carbonyl (C=O) groups is 2. The molecule has 0 atom stereocenters. The third kappa shape index (κ3) is 6.42. The van der Waals surface area contributed by atoms with E-state index < -0.39 is 11.9 Å². The van der Waals surface area contributed by atoms with E-state index in [1.54, 1.807) is 12.1 Å². The minimum Gasteiger partial charge on any atom is -0.488 e. The Kier molecular flexibility index (Phi) is 8.03. The van der Waals surface area contributed by atoms with Crippen molar-refractivity contribution in [3.8, 4) is 11.5 Å². The van der Waals surface area contributed by atoms with E-state index >= 15 is 0 Å². The number of rotatable bonds is 8. The molecule has 4 N–H and O–H groups in total. The number of esters is 2. The zero-order chi connectivity index (χ0) is 23.1. The molecule has 2 aliphatic rings. The molecule has 2 fully saturated rings. The molecule has 0 bridgehead atoms. The Bertz CT molecular complexity index is 769. The lowest BCUT2D eigenvalue weighted by molar-refractivity contribution is -0.146. The van der Waals surface area contributed by atoms with Gasteiger partial charge < -0.3 is 30.4 Å². The number of nitrogens with two attached hydrogens (primary N) is 2. The number of ether oxygens (including phenoxy) is 4. The van der Waals surface area contributed by atoms with Gasteiger partial charge in [0.25, 0.3) is 0 Å². The Morgan fingerprint density at radius 3 is 1.31 bits per heavy atom. The molecule has 2 saturated carbocycles. The highest BCUT2D eigenvalue weighted by Crippen LogP contribution is 2.37. The van der Waals surface area contributed by atoms with Crippen molar-refractivity contribution in [2.45, 2.75) is 75.8 Å². The van der Waals surface area contributed by atoms with E-state index in [1.165, 1.54) is 12.2 Å². The van der Waals surface area contributed by atoms with Gasteiger partial charge in [-0.3, -0.25) is 0 Å². The van der Waals surface area contributed by atoms with E-state index in [0.717, 1.165) is 51.4 Å². The lowest BCUT2D eigenvalue weighted by atomic mass is 9.94. The predicted octanol–water partition coefficient (Wildman–Crippen LogP) is 3.69. The average Bonchev–Trinajstić information content (AvgIpc) is 2.79. The number of benzene rings is 1. The molecule has 174 valence electrons. The molecule has 0 radical (unpaired) electrons. The normalized spacial score (nSPS) is 25.2. The Balaban J connectivity index is 1.50. The van der Waals surface area contributed by atoms with Crippen molar-refractivity contribution in [3.63, 3.8) is 0 Å². The van der Waals surface area contributed by atoms with E-state index in [2.05, 4.69) is 13.2 Å². The number of nitrogen functional groups attached to an aromatic ring is 2. The van der Waals surface area contributed by atoms with Crippen LogP contribution in [0.4, 0.5) is 11.4 Å². The van der Waals surface area contributed by atoms with E-state index in [-0.39, 0.29) is 24.4 Å². The summed E-state index contributed by atoms with van der Waals surface area (Å²) in [7, 11) is 0. The maximum absolute atomic E-state index is 11.3. The monoisotopic (exact) mass is 444 g/mol. The maximum Gasteiger partial charge on any atom is 0.330 e. The molecular weight excluding hydrogens is 412 g/mol. The summed E-state index contributed by atoms with van der Waals surface area (Å²) < 4.78 is 22.7. The highest BCUT2D eigenvalue weighted by molar-refractivity contribution is 5.81. The van der Waals surface area contributed by atoms with Crippen LogP contribution in [-0.4, -0.2) is 36.4 Å². The number of carbonyl (C=O) groups excluding carboxylic acids is 2. The molecule has 32 heavy (non-hydrogen) atoms. The molecule has 0 heterocycles. The number of hydrogen-bond acceptors (Lipinski definition) is 8. The highest BCUT2D eigenvalue weighted by Gasteiger charge is 2.27. The van der Waals surface area contributed by atoms with E-state index in [1.807, 2.05) is 0 Å². The minimum atomic E-state index is -0.395. The Morgan fingerprint density at radius 2 is 1.00 bits per heavy atom. The van der Waals surface area contributed by atoms with Gasteiger partial charge in [-0.25, -0.2) is 9.59 Å². The molecule has 0 aliphatic heterocycles. The summed E-state index contributed by atoms with van der Waals surface area (Å²) in [6, 6.07) is 3.40. The zero-order valence-electron chi connectivity index (χ0n) is 18.3. The van der Waals surface area contributed by atoms with Crippen molar-refractivity contribution >= 4 is 23.3 Å². The minimum absolute atomic E-state index is 0.0179. The van der Waals surface area contributed by atoms with Crippen molar-refractivity contribution in [2.24, 2.45) is 0 Å². The molecule has 0 aromatic heterocycles. The summed E-state index contributed by atoms with van der Waals surface area (Å²) in [6.07, 6.45) is 8.05. The average molecular weight is 445 g/mol. The first-order valence-corrected chi connectivity index (χ1v) is 11.1. The predicted molar refractivity (Wildman–Crippen MR) is 121 cm³/mol. The summed E-state index contributed by atoms with van der Waals surface area (Å²) in [5.41, 5.74) is 13.3. The van der Waals surface area contributed by atoms with Gasteiger partial charge in [0, 0.05) is 24.3 Å². The Hall–Kier alpha value is -3.16. The molecule has 1 aromatic carbocycles. The van der Waals surface area contributed by atoms with Gasteiger partial charge in [0.15, 0.2) is 0 Å². The van der Waals surface area contributed by atoms with Crippen molar-refractivity contribution in [3.05, 3.63) is 37.4 Å². The second-order valence-electron chi connectivity index (χ2n) is 8.24. The van der Waals surface area contributed by atoms with Gasteiger partial charge in [0.05, 0.1) is 23.6 Å². The van der Waals surface area contributed by atoms with Crippen LogP contribution in [0.2, 0.25) is 0 Å². The van der Waals surface area contributed by atoms with Crippen LogP contribution in [0.3, 0.4) is 0 Å². The third-order valence-electron chi connectivity index (χ3n) is 5.87. The standard InChI is InChI=1S/C24H32N2O6/c1-3-23(27)31-17-9-5-15(6-10-17)29-21-13-20(26)22(14-19(21)25)30-16-7-11-18(12-8-16)32-24(28)4-2/h3-4,13-18H,1-2,5-12,25-26H2. The van der Waals surface area contributed by atoms with Crippen LogP contribution >= 0.6 is 0 Å². The largest absolute Gasteiger partial charge is 0.488 e. The van der Waals surface area contributed by atoms with Gasteiger partial charge in [0.1, 0.15) is 23.7 Å². The van der Waals surface area contributed by atoms with Crippen molar-refractivity contribution in [2.75, 3.05) is 11.5 Å². The summed E-state index contributed by atoms with van der Waals surface area (Å²) in [4.78, 5) is 22.7. The van der Waals surface area contributed by atoms with Gasteiger partial charge >= 0.3 is 11.9 Å². The first-order valence-electron chi connectivity index (χ1n) is 11.1. The molecule has 0 saturated heterocycles. The summed E-state index contributed by atoms with van der Waals surface area (Å²) in [5.74, 6) is 0.268. The second-order valence-corrected chi connectivity index (χ2v) is 8.24. The quantitative estimate of drug-likeness (QED) is 0.353. The van der Waals surface area contributed by atoms with Crippen LogP contribution in [0.1, 0.15) is 51.4 Å². The van der Waals surface area contributed by atoms with Crippen molar-refractivity contribution in [1.82, 2.24) is 0 Å². The fourth-order valence-electron chi connectivity index (χ4n) is 4.12. The zero-order valence-corrected chi connectivity index (χ0v) is 18.3. The molecule has 2 aliphatic carbocycles. The van der Waals surface area contributed by atoms with E-state index in [0.29, 0.717) is 22.9 Å². The SMILES string of the molecule is C=CC(=O)OC1CCC(Oc2cc(N)c(OC3CCC(OC(=O)C=C)CC3)cc2N)CC1. The van der Waals surface area contributed by atoms with Gasteiger partial charge in [-0.05, 0) is 51.4 Å². The van der Waals surface area contributed by atoms with Crippen LogP contribution < -0.4 is 20.9 Å². The van der Waals surface area contributed by atoms with Crippen LogP contribution in [0, 0.1) is 0 Å². The summed E-state index contributed by atoms with van der Waals surface area (Å²) in [5, 5.41) is 0. The van der Waals surface area contributed by atoms with Crippen LogP contribution in [0.5, 0.6) is 11.5 Å². The summed E-state index contributed by atoms with van der Waals surface area (Å²) >= 11 is 0. The molecule has 0 spiro atoms. The Labute approximate surface area is 188 Å². The van der Waals surface area contributed by atoms with Gasteiger partial charge in [-0.2, -0.15) is 0 Å². The van der Waals surface area contributed by atoms with Crippen molar-refractivity contribution < 1.29 is 28.5 Å². The molecule has 8 heteroatoms. The molecule has 0 amide bonds. The van der Waals surface area contributed by atoms with E-state index in [9.17, 15) is 9.59 Å². The van der Waals surface area contributed by atoms with Crippen molar-refractivity contribution in [1.29, 1.82) is 0 Å². The molecule has 3 rings (SSSR count). The van der Waals surface area contributed by atoms with Crippen LogP contribution in [0.25, 0.3) is 0 Å². The lowest BCUT2D eigenvalue weighted by Crippen LogP contribution is -2.30. The van der Waals surface area contributed by atoms with E-state index in [4.69, 9.17) is 30.4 Å². The van der Waals surface area contributed by atoms with Gasteiger partial charge in [-0.15, -0.1) is 0 Å². The smallest absolute Gasteiger partial charge is 0.330 e. The number of anilines is 2. The second kappa shape index (κ2) is 10.9. The first-order chi connectivity index (χ1) is 15.4. The van der Waals surface area contributed by atoms with Gasteiger partial charge in [-0.1, -0.05) is 13.2 Å². The lowest BCUT2D eigenvalue weighted by Gasteiger charge is -2.30. The van der Waals surface area contributed by atoms with Gasteiger partial charge in [0.2, 0.25) is 0 Å². The molecular formula is C24H32N2O6. The molecule has 0 unspecified atom stereocenters. The third-order valence-corrected chi connectivity index (χ3v) is 5.87. The molecule has 1 aromatic rings. The highest BCUT2D eigenvalue weighted by atomic mass is 16.5. The first kappa shape index (κ1) is 23.5. The fraction of sp³-hybridized carbons (Fsp3) is 0.500. The summed E-state index contributed by atoms with van der Waals surface area (Å²) in [6.45, 7) is 6.84. The maximum atomic E-state index is 11.3.